The number of hydrogen-bond acceptors (Lipinski definition) is 7. The van der Waals surface area contributed by atoms with E-state index >= 15 is 0 Å². The molecule has 2 aliphatic heterocycles. The molecule has 0 radical (unpaired) electrons. The third-order valence-electron chi connectivity index (χ3n) is 4.13. The maximum Gasteiger partial charge on any atom is 0.221 e. The number of nitrogens with zero attached hydrogens (tertiary/aromatic N) is 5. The van der Waals surface area contributed by atoms with Crippen LogP contribution in [0.2, 0.25) is 5.02 Å². The van der Waals surface area contributed by atoms with Gasteiger partial charge in [0.05, 0.1) is 24.0 Å². The van der Waals surface area contributed by atoms with Crippen LogP contribution in [0, 0.1) is 4.77 Å². The molecule has 0 amide bonds. The van der Waals surface area contributed by atoms with Crippen LogP contribution in [0.25, 0.3) is 5.69 Å². The summed E-state index contributed by atoms with van der Waals surface area (Å²) < 4.78 is 15.1. The quantitative estimate of drug-likeness (QED) is 0.575. The lowest BCUT2D eigenvalue weighted by Crippen LogP contribution is -2.39. The van der Waals surface area contributed by atoms with E-state index in [-0.39, 0.29) is 17.3 Å². The summed E-state index contributed by atoms with van der Waals surface area (Å²) in [7, 11) is 0. The number of nitrogens with one attached hydrogen (secondary N) is 1. The second kappa shape index (κ2) is 7.00. The number of hydrazone groups is 1. The van der Waals surface area contributed by atoms with Crippen LogP contribution in [0.3, 0.4) is 0 Å². The first-order valence-electron chi connectivity index (χ1n) is 7.72. The Labute approximate surface area is 163 Å². The van der Waals surface area contributed by atoms with Crippen molar-refractivity contribution in [3.63, 3.8) is 0 Å². The highest BCUT2D eigenvalue weighted by molar-refractivity contribution is 7.80. The van der Waals surface area contributed by atoms with E-state index < -0.39 is 6.29 Å². The van der Waals surface area contributed by atoms with Gasteiger partial charge in [-0.3, -0.25) is 5.43 Å². The molecule has 9 nitrogen and oxygen atoms in total. The molecule has 0 unspecified atom stereocenters. The van der Waals surface area contributed by atoms with Gasteiger partial charge in [0.15, 0.2) is 11.4 Å². The molecule has 12 heteroatoms. The zero-order valence-corrected chi connectivity index (χ0v) is 15.7. The summed E-state index contributed by atoms with van der Waals surface area (Å²) in [6.45, 7) is 0.414. The van der Waals surface area contributed by atoms with Gasteiger partial charge in [-0.05, 0) is 59.1 Å². The highest BCUT2D eigenvalue weighted by atomic mass is 35.5. The highest BCUT2D eigenvalue weighted by Gasteiger charge is 2.44. The van der Waals surface area contributed by atoms with Gasteiger partial charge in [-0.15, -0.1) is 0 Å². The minimum Gasteiger partial charge on any atom is -0.375 e. The molecule has 3 N–H and O–H groups in total. The molecular weight excluding hydrogens is 398 g/mol. The number of benzene rings is 1. The summed E-state index contributed by atoms with van der Waals surface area (Å²) in [5.74, 6) is 0. The molecule has 3 atom stereocenters. The summed E-state index contributed by atoms with van der Waals surface area (Å²) >= 11 is 16.3. The molecular formula is C14H14ClN7O2S2. The molecule has 1 aromatic heterocycles. The lowest BCUT2D eigenvalue weighted by molar-refractivity contribution is -0.0324. The van der Waals surface area contributed by atoms with Crippen molar-refractivity contribution in [1.29, 1.82) is 0 Å². The van der Waals surface area contributed by atoms with Gasteiger partial charge in [0.2, 0.25) is 4.77 Å². The molecule has 0 spiro atoms. The van der Waals surface area contributed by atoms with Crippen LogP contribution in [0.15, 0.2) is 29.4 Å². The molecule has 2 bridgehead atoms. The Morgan fingerprint density at radius 2 is 2.12 bits per heavy atom. The van der Waals surface area contributed by atoms with Crippen LogP contribution in [0.1, 0.15) is 12.5 Å². The average Bonchev–Trinajstić information content (AvgIpc) is 3.20. The molecule has 1 aromatic carbocycles. The standard InChI is InChI=1S/C14H14ClN7O2S2/c15-7-1-3-8(4-2-7)21-14(26)22(20-19-21)10-5-9(17-18-13(16)25)12-23-6-11(10)24-12/h1-4,10-12H,5-6H2,(H3,16,18,25)/b17-9+/t10-,11+,12+/m1/s1. The maximum absolute atomic E-state index is 5.93. The van der Waals surface area contributed by atoms with E-state index in [2.05, 4.69) is 21.0 Å². The van der Waals surface area contributed by atoms with Crippen molar-refractivity contribution >= 4 is 46.9 Å². The van der Waals surface area contributed by atoms with Crippen LogP contribution in [-0.4, -0.2) is 49.6 Å². The number of thiocarbonyl (C=S) groups is 1. The molecule has 2 saturated heterocycles. The fraction of sp³-hybridized carbons (Fsp3) is 0.357. The van der Waals surface area contributed by atoms with Gasteiger partial charge >= 0.3 is 0 Å². The van der Waals surface area contributed by atoms with Crippen LogP contribution in [0.5, 0.6) is 0 Å². The van der Waals surface area contributed by atoms with Gasteiger partial charge in [-0.2, -0.15) is 9.78 Å². The Morgan fingerprint density at radius 1 is 1.35 bits per heavy atom. The molecule has 2 aliphatic rings. The molecule has 4 rings (SSSR count). The Balaban J connectivity index is 1.65. The highest BCUT2D eigenvalue weighted by Crippen LogP contribution is 2.33. The van der Waals surface area contributed by atoms with Crippen molar-refractivity contribution in [1.82, 2.24) is 25.2 Å². The summed E-state index contributed by atoms with van der Waals surface area (Å²) in [6, 6.07) is 6.98. The van der Waals surface area contributed by atoms with Crippen molar-refractivity contribution in [2.75, 3.05) is 6.61 Å². The molecule has 2 aromatic rings. The third kappa shape index (κ3) is 3.23. The van der Waals surface area contributed by atoms with Crippen molar-refractivity contribution in [2.45, 2.75) is 24.9 Å². The van der Waals surface area contributed by atoms with E-state index in [1.807, 2.05) is 12.1 Å². The van der Waals surface area contributed by atoms with Gasteiger partial charge in [-0.25, -0.2) is 4.68 Å². The van der Waals surface area contributed by atoms with E-state index in [4.69, 9.17) is 51.2 Å². The summed E-state index contributed by atoms with van der Waals surface area (Å²) in [5.41, 5.74) is 9.41. The topological polar surface area (TPSA) is 105 Å². The predicted molar refractivity (Wildman–Crippen MR) is 101 cm³/mol. The van der Waals surface area contributed by atoms with Crippen molar-refractivity contribution < 1.29 is 9.47 Å². The second-order valence-electron chi connectivity index (χ2n) is 5.78. The first-order valence-corrected chi connectivity index (χ1v) is 8.92. The predicted octanol–water partition coefficient (Wildman–Crippen LogP) is 1.33. The van der Waals surface area contributed by atoms with Crippen LogP contribution < -0.4 is 11.2 Å². The Morgan fingerprint density at radius 3 is 2.85 bits per heavy atom. The Bertz CT molecular complexity index is 926. The van der Waals surface area contributed by atoms with E-state index in [0.29, 0.717) is 28.5 Å². The lowest BCUT2D eigenvalue weighted by atomic mass is 10.0. The summed E-state index contributed by atoms with van der Waals surface area (Å²) in [5, 5.41) is 13.3. The normalized spacial score (nSPS) is 26.2. The number of nitrogens with two attached hydrogens (primary N) is 1. The van der Waals surface area contributed by atoms with E-state index in [9.17, 15) is 0 Å². The Kier molecular flexibility index (Phi) is 4.71. The minimum absolute atomic E-state index is 0.0689. The largest absolute Gasteiger partial charge is 0.375 e. The molecule has 0 saturated carbocycles. The SMILES string of the molecule is NC(=S)N/N=C1\C[C@@H](n2nnn(-c3ccc(Cl)cc3)c2=S)[C@@H]2CO[C@H]1O2. The van der Waals surface area contributed by atoms with E-state index in [0.717, 1.165) is 5.69 Å². The fourth-order valence-corrected chi connectivity index (χ4v) is 3.40. The molecule has 0 aliphatic carbocycles. The number of tetrazole rings is 1. The third-order valence-corrected chi connectivity index (χ3v) is 4.83. The van der Waals surface area contributed by atoms with Gasteiger partial charge in [0, 0.05) is 11.4 Å². The number of rotatable bonds is 3. The number of fused-ring (bicyclic) bond motifs is 2. The van der Waals surface area contributed by atoms with Crippen LogP contribution in [0.4, 0.5) is 0 Å². The number of hydrogen-bond donors (Lipinski definition) is 2. The lowest BCUT2D eigenvalue weighted by Gasteiger charge is -2.27. The number of halogens is 1. The minimum atomic E-state index is -0.515. The monoisotopic (exact) mass is 411 g/mol. The van der Waals surface area contributed by atoms with Gasteiger partial charge in [-0.1, -0.05) is 11.6 Å². The van der Waals surface area contributed by atoms with Crippen molar-refractivity contribution in [3.05, 3.63) is 34.1 Å². The van der Waals surface area contributed by atoms with Crippen LogP contribution >= 0.6 is 36.0 Å². The van der Waals surface area contributed by atoms with Crippen molar-refractivity contribution in [2.24, 2.45) is 10.8 Å². The van der Waals surface area contributed by atoms with Gasteiger partial charge < -0.3 is 15.2 Å². The second-order valence-corrected chi connectivity index (χ2v) is 7.03. The van der Waals surface area contributed by atoms with Crippen LogP contribution in [-0.2, 0) is 9.47 Å². The summed E-state index contributed by atoms with van der Waals surface area (Å²) in [4.78, 5) is 0. The maximum atomic E-state index is 5.93. The zero-order valence-electron chi connectivity index (χ0n) is 13.3. The van der Waals surface area contributed by atoms with Gasteiger partial charge in [0.25, 0.3) is 0 Å². The van der Waals surface area contributed by atoms with E-state index in [1.54, 1.807) is 21.5 Å². The number of ether oxygens (including phenoxy) is 2. The Hall–Kier alpha value is -1.92. The molecule has 3 heterocycles. The number of aromatic nitrogens is 4. The molecule has 26 heavy (non-hydrogen) atoms. The fourth-order valence-electron chi connectivity index (χ4n) is 2.92. The van der Waals surface area contributed by atoms with E-state index in [1.165, 1.54) is 0 Å². The first kappa shape index (κ1) is 17.5. The smallest absolute Gasteiger partial charge is 0.221 e. The molecule has 136 valence electrons. The first-order chi connectivity index (χ1) is 12.5. The average molecular weight is 412 g/mol. The molecule has 2 fully saturated rings. The zero-order chi connectivity index (χ0) is 18.3. The van der Waals surface area contributed by atoms with Gasteiger partial charge in [0.1, 0.15) is 6.10 Å². The van der Waals surface area contributed by atoms with Crippen molar-refractivity contribution in [3.8, 4) is 5.69 Å². The summed E-state index contributed by atoms with van der Waals surface area (Å²) in [6.07, 6.45) is -0.178.